The van der Waals surface area contributed by atoms with E-state index >= 15 is 0 Å². The molecule has 0 radical (unpaired) electrons. The highest BCUT2D eigenvalue weighted by molar-refractivity contribution is 7.89. The minimum Gasteiger partial charge on any atom is -0.398 e. The molecule has 2 rings (SSSR count). The van der Waals surface area contributed by atoms with E-state index in [9.17, 15) is 8.42 Å². The van der Waals surface area contributed by atoms with Crippen LogP contribution in [-0.4, -0.2) is 50.3 Å². The largest absolute Gasteiger partial charge is 0.398 e. The zero-order chi connectivity index (χ0) is 15.1. The van der Waals surface area contributed by atoms with Crippen LogP contribution < -0.4 is 5.73 Å². The lowest BCUT2D eigenvalue weighted by Gasteiger charge is -2.36. The zero-order valence-corrected chi connectivity index (χ0v) is 13.4. The first-order valence-electron chi connectivity index (χ1n) is 6.80. The van der Waals surface area contributed by atoms with Gasteiger partial charge >= 0.3 is 0 Å². The van der Waals surface area contributed by atoms with E-state index in [-0.39, 0.29) is 6.04 Å². The molecular formula is C14H23N3O2S. The van der Waals surface area contributed by atoms with E-state index in [0.717, 1.165) is 17.7 Å². The molecule has 6 heteroatoms. The molecule has 0 bridgehead atoms. The van der Waals surface area contributed by atoms with Crippen LogP contribution in [0.25, 0.3) is 0 Å². The standard InChI is InChI=1S/C14H23N3O2S/c1-10-7-13(8-14(15)12(10)3)20(18,19)17-6-5-16(4)11(2)9-17/h7-8,11H,5-6,9,15H2,1-4H3. The van der Waals surface area contributed by atoms with Crippen molar-refractivity contribution < 1.29 is 8.42 Å². The minimum atomic E-state index is -3.45. The van der Waals surface area contributed by atoms with Crippen molar-refractivity contribution in [2.45, 2.75) is 31.7 Å². The lowest BCUT2D eigenvalue weighted by Crippen LogP contribution is -2.51. The molecule has 1 aromatic rings. The number of anilines is 1. The van der Waals surface area contributed by atoms with E-state index in [0.29, 0.717) is 23.7 Å². The number of nitrogens with zero attached hydrogens (tertiary/aromatic N) is 2. The molecule has 1 heterocycles. The molecule has 1 aliphatic heterocycles. The number of nitrogen functional groups attached to an aromatic ring is 1. The number of hydrogen-bond acceptors (Lipinski definition) is 4. The number of benzene rings is 1. The Hall–Kier alpha value is -1.11. The van der Waals surface area contributed by atoms with Crippen LogP contribution in [0, 0.1) is 13.8 Å². The monoisotopic (exact) mass is 297 g/mol. The molecule has 1 atom stereocenters. The summed E-state index contributed by atoms with van der Waals surface area (Å²) in [7, 11) is -1.44. The average Bonchev–Trinajstić information content (AvgIpc) is 2.38. The van der Waals surface area contributed by atoms with Crippen LogP contribution in [0.3, 0.4) is 0 Å². The van der Waals surface area contributed by atoms with Crippen molar-refractivity contribution in [3.8, 4) is 0 Å². The van der Waals surface area contributed by atoms with Gasteiger partial charge in [0.05, 0.1) is 4.90 Å². The Bertz CT molecular complexity index is 590. The fraction of sp³-hybridized carbons (Fsp3) is 0.571. The van der Waals surface area contributed by atoms with Gasteiger partial charge in [-0.25, -0.2) is 8.42 Å². The van der Waals surface area contributed by atoms with Gasteiger partial charge in [-0.1, -0.05) is 0 Å². The topological polar surface area (TPSA) is 66.6 Å². The van der Waals surface area contributed by atoms with Gasteiger partial charge in [0.2, 0.25) is 10.0 Å². The van der Waals surface area contributed by atoms with Gasteiger partial charge in [0, 0.05) is 31.4 Å². The lowest BCUT2D eigenvalue weighted by atomic mass is 10.1. The van der Waals surface area contributed by atoms with Crippen LogP contribution in [0.1, 0.15) is 18.1 Å². The molecule has 0 aromatic heterocycles. The Morgan fingerprint density at radius 1 is 1.25 bits per heavy atom. The minimum absolute atomic E-state index is 0.224. The normalized spacial score (nSPS) is 22.1. The predicted octanol–water partition coefficient (Wildman–Crippen LogP) is 1.21. The summed E-state index contributed by atoms with van der Waals surface area (Å²) in [5.74, 6) is 0. The highest BCUT2D eigenvalue weighted by Crippen LogP contribution is 2.25. The van der Waals surface area contributed by atoms with E-state index in [1.807, 2.05) is 27.8 Å². The van der Waals surface area contributed by atoms with Crippen LogP contribution in [-0.2, 0) is 10.0 Å². The Morgan fingerprint density at radius 2 is 1.90 bits per heavy atom. The summed E-state index contributed by atoms with van der Waals surface area (Å²) < 4.78 is 27.0. The Kier molecular flexibility index (Phi) is 4.09. The second-order valence-corrected chi connectivity index (χ2v) is 7.59. The number of hydrogen-bond donors (Lipinski definition) is 1. The molecule has 1 aliphatic rings. The van der Waals surface area contributed by atoms with Gasteiger partial charge in [-0.05, 0) is 51.1 Å². The molecular weight excluding hydrogens is 274 g/mol. The van der Waals surface area contributed by atoms with Crippen LogP contribution in [0.5, 0.6) is 0 Å². The molecule has 2 N–H and O–H groups in total. The molecule has 5 nitrogen and oxygen atoms in total. The van der Waals surface area contributed by atoms with Crippen molar-refractivity contribution >= 4 is 15.7 Å². The van der Waals surface area contributed by atoms with Crippen LogP contribution in [0.4, 0.5) is 5.69 Å². The van der Waals surface area contributed by atoms with Gasteiger partial charge in [-0.2, -0.15) is 4.31 Å². The summed E-state index contributed by atoms with van der Waals surface area (Å²) in [4.78, 5) is 2.47. The fourth-order valence-corrected chi connectivity index (χ4v) is 4.02. The summed E-state index contributed by atoms with van der Waals surface area (Å²) >= 11 is 0. The van der Waals surface area contributed by atoms with Gasteiger partial charge < -0.3 is 10.6 Å². The second-order valence-electron chi connectivity index (χ2n) is 5.65. The molecule has 20 heavy (non-hydrogen) atoms. The maximum Gasteiger partial charge on any atom is 0.243 e. The first-order valence-corrected chi connectivity index (χ1v) is 8.24. The van der Waals surface area contributed by atoms with Gasteiger partial charge in [0.25, 0.3) is 0 Å². The molecule has 1 saturated heterocycles. The van der Waals surface area contributed by atoms with Gasteiger partial charge in [0.15, 0.2) is 0 Å². The van der Waals surface area contributed by atoms with Crippen molar-refractivity contribution in [2.24, 2.45) is 0 Å². The highest BCUT2D eigenvalue weighted by Gasteiger charge is 2.31. The number of aryl methyl sites for hydroxylation is 1. The van der Waals surface area contributed by atoms with Crippen molar-refractivity contribution in [1.82, 2.24) is 9.21 Å². The summed E-state index contributed by atoms with van der Waals surface area (Å²) in [5.41, 5.74) is 8.29. The molecule has 1 unspecified atom stereocenters. The first-order chi connectivity index (χ1) is 9.23. The smallest absolute Gasteiger partial charge is 0.243 e. The van der Waals surface area contributed by atoms with Crippen LogP contribution in [0.15, 0.2) is 17.0 Å². The molecule has 0 aliphatic carbocycles. The molecule has 112 valence electrons. The zero-order valence-electron chi connectivity index (χ0n) is 12.5. The third-order valence-electron chi connectivity index (χ3n) is 4.24. The van der Waals surface area contributed by atoms with Crippen molar-refractivity contribution in [2.75, 3.05) is 32.4 Å². The van der Waals surface area contributed by atoms with E-state index in [1.165, 1.54) is 0 Å². The Labute approximate surface area is 121 Å². The number of nitrogens with two attached hydrogens (primary N) is 1. The van der Waals surface area contributed by atoms with E-state index in [2.05, 4.69) is 4.90 Å². The number of piperazine rings is 1. The number of sulfonamides is 1. The Balaban J connectivity index is 2.36. The van der Waals surface area contributed by atoms with Crippen LogP contribution in [0.2, 0.25) is 0 Å². The average molecular weight is 297 g/mol. The third kappa shape index (κ3) is 2.68. The van der Waals surface area contributed by atoms with Crippen molar-refractivity contribution in [3.05, 3.63) is 23.3 Å². The maximum atomic E-state index is 12.7. The first kappa shape index (κ1) is 15.3. The summed E-state index contributed by atoms with van der Waals surface area (Å²) in [6.07, 6.45) is 0. The Morgan fingerprint density at radius 3 is 2.45 bits per heavy atom. The quantitative estimate of drug-likeness (QED) is 0.833. The molecule has 0 amide bonds. The van der Waals surface area contributed by atoms with Gasteiger partial charge in [0.1, 0.15) is 0 Å². The third-order valence-corrected chi connectivity index (χ3v) is 6.08. The SMILES string of the molecule is Cc1cc(S(=O)(=O)N2CCN(C)C(C)C2)cc(N)c1C. The summed E-state index contributed by atoms with van der Waals surface area (Å²) in [5, 5.41) is 0. The van der Waals surface area contributed by atoms with Gasteiger partial charge in [-0.3, -0.25) is 0 Å². The molecule has 1 fully saturated rings. The van der Waals surface area contributed by atoms with E-state index in [4.69, 9.17) is 5.73 Å². The van der Waals surface area contributed by atoms with E-state index in [1.54, 1.807) is 16.4 Å². The highest BCUT2D eigenvalue weighted by atomic mass is 32.2. The predicted molar refractivity (Wildman–Crippen MR) is 81.2 cm³/mol. The second kappa shape index (κ2) is 5.35. The lowest BCUT2D eigenvalue weighted by molar-refractivity contribution is 0.159. The molecule has 0 spiro atoms. The van der Waals surface area contributed by atoms with Gasteiger partial charge in [-0.15, -0.1) is 0 Å². The van der Waals surface area contributed by atoms with E-state index < -0.39 is 10.0 Å². The molecule has 0 saturated carbocycles. The number of rotatable bonds is 2. The summed E-state index contributed by atoms with van der Waals surface area (Å²) in [6, 6.07) is 3.51. The summed E-state index contributed by atoms with van der Waals surface area (Å²) in [6.45, 7) is 7.62. The number of likely N-dealkylation sites (N-methyl/N-ethyl adjacent to an activating group) is 1. The maximum absolute atomic E-state index is 12.7. The van der Waals surface area contributed by atoms with Crippen molar-refractivity contribution in [1.29, 1.82) is 0 Å². The van der Waals surface area contributed by atoms with Crippen LogP contribution >= 0.6 is 0 Å². The molecule has 1 aromatic carbocycles. The van der Waals surface area contributed by atoms with Crippen molar-refractivity contribution in [3.63, 3.8) is 0 Å². The fourth-order valence-electron chi connectivity index (χ4n) is 2.38.